The van der Waals surface area contributed by atoms with Gasteiger partial charge in [0.25, 0.3) is 47.3 Å². The predicted molar refractivity (Wildman–Crippen MR) is 372 cm³/mol. The smallest absolute Gasteiger partial charge is 0.261 e. The normalized spacial score (nSPS) is 14.0. The third kappa shape index (κ3) is 14.0. The monoisotopic (exact) mass is 1260 g/mol. The number of hydrogen-bond donors (Lipinski definition) is 4. The molecule has 0 bridgehead atoms. The quantitative estimate of drug-likeness (QED) is 0.0298. The van der Waals surface area contributed by atoms with Crippen LogP contribution in [0.15, 0.2) is 134 Å². The van der Waals surface area contributed by atoms with Crippen molar-refractivity contribution in [2.75, 3.05) is 150 Å². The van der Waals surface area contributed by atoms with Crippen molar-refractivity contribution in [3.63, 3.8) is 0 Å². The van der Waals surface area contributed by atoms with Gasteiger partial charge in [0.15, 0.2) is 0 Å². The SMILES string of the molecule is C=CCNc1ccc2c3c(cccc13)C(=O)N(CCN(C)C)C2=O.CCCNc1ccc2c3c(cccc13)C(=O)N(CCN(C)C)C2=O.CCCNc1ccc2c3c(cccc13)C(=O)N(CCN(C)C)C2=O.CN(C)CCN1C(=O)c2cccc3c(N)ccc(c23)C1=O. The fourth-order valence-corrected chi connectivity index (χ4v) is 11.8. The molecule has 0 spiro atoms. The minimum atomic E-state index is -0.245. The Morgan fingerprint density at radius 3 is 0.871 bits per heavy atom. The van der Waals surface area contributed by atoms with E-state index in [0.29, 0.717) is 114 Å². The first-order valence-corrected chi connectivity index (χ1v) is 31.5. The Balaban J connectivity index is 0.000000146. The van der Waals surface area contributed by atoms with Gasteiger partial charge in [-0.3, -0.25) is 58.0 Å². The van der Waals surface area contributed by atoms with E-state index in [1.807, 2.05) is 161 Å². The number of nitrogens with zero attached hydrogens (tertiary/aromatic N) is 8. The zero-order chi connectivity index (χ0) is 66.9. The van der Waals surface area contributed by atoms with Crippen molar-refractivity contribution in [1.29, 1.82) is 0 Å². The summed E-state index contributed by atoms with van der Waals surface area (Å²) in [6.07, 6.45) is 3.80. The largest absolute Gasteiger partial charge is 0.398 e. The van der Waals surface area contributed by atoms with Gasteiger partial charge in [0.2, 0.25) is 0 Å². The lowest BCUT2D eigenvalue weighted by Gasteiger charge is -2.28. The van der Waals surface area contributed by atoms with Crippen molar-refractivity contribution in [2.24, 2.45) is 0 Å². The molecule has 0 saturated heterocycles. The van der Waals surface area contributed by atoms with Crippen molar-refractivity contribution < 1.29 is 38.4 Å². The fourth-order valence-electron chi connectivity index (χ4n) is 11.8. The summed E-state index contributed by atoms with van der Waals surface area (Å²) in [6, 6.07) is 37.0. The number of nitrogen functional groups attached to an aromatic ring is 1. The van der Waals surface area contributed by atoms with Crippen LogP contribution < -0.4 is 21.7 Å². The Kier molecular flexibility index (Phi) is 21.5. The van der Waals surface area contributed by atoms with E-state index >= 15 is 0 Å². The van der Waals surface area contributed by atoms with Crippen LogP contribution in [0.5, 0.6) is 0 Å². The Morgan fingerprint density at radius 2 is 0.602 bits per heavy atom. The second kappa shape index (κ2) is 29.6. The lowest BCUT2D eigenvalue weighted by Crippen LogP contribution is -2.43. The number of rotatable bonds is 21. The molecule has 5 N–H and O–H groups in total. The van der Waals surface area contributed by atoms with Crippen LogP contribution in [0.1, 0.15) is 110 Å². The maximum atomic E-state index is 12.8. The number of carbonyl (C=O) groups excluding carboxylic acids is 8. The van der Waals surface area contributed by atoms with Gasteiger partial charge in [-0.05, 0) is 142 Å². The van der Waals surface area contributed by atoms with Crippen LogP contribution in [0.2, 0.25) is 0 Å². The number of anilines is 4. The minimum absolute atomic E-state index is 0.201. The molecule has 4 aliphatic rings. The number of benzene rings is 8. The molecule has 8 aromatic rings. The topological polar surface area (TPSA) is 225 Å². The molecule has 93 heavy (non-hydrogen) atoms. The average molecular weight is 1260 g/mol. The molecule has 0 saturated carbocycles. The molecule has 0 aliphatic carbocycles. The Hall–Kier alpha value is -9.86. The molecule has 8 amide bonds. The first-order chi connectivity index (χ1) is 44.6. The summed E-state index contributed by atoms with van der Waals surface area (Å²) in [5.74, 6) is -1.74. The van der Waals surface area contributed by atoms with E-state index in [1.54, 1.807) is 42.5 Å². The summed E-state index contributed by atoms with van der Waals surface area (Å²) in [5, 5.41) is 16.5. The zero-order valence-electron chi connectivity index (χ0n) is 54.9. The van der Waals surface area contributed by atoms with Gasteiger partial charge in [0.1, 0.15) is 0 Å². The summed E-state index contributed by atoms with van der Waals surface area (Å²) in [4.78, 5) is 115. The number of likely N-dealkylation sites (N-methyl/N-ethyl adjacent to an activating group) is 4. The molecular weight excluding hydrogens is 1170 g/mol. The standard InChI is InChI=1S/2C19H23N3O2.C19H21N3O2.C16H17N3O2/c3*1-4-10-20-16-9-8-15-17-13(16)6-5-7-14(17)18(23)22(19(15)24)12-11-21(2)3;1-18(2)8-9-19-15(20)11-5-3-4-10-13(17)7-6-12(14(10)11)16(19)21/h2*5-9,20H,4,10-12H2,1-3H3;4-9,20H,1,10-12H2,2-3H3;3-7H,8-9,17H2,1-2H3. The lowest BCUT2D eigenvalue weighted by atomic mass is 9.93. The first kappa shape index (κ1) is 67.5. The number of nitrogens with two attached hydrogens (primary N) is 1. The van der Waals surface area contributed by atoms with Crippen molar-refractivity contribution in [2.45, 2.75) is 26.7 Å². The van der Waals surface area contributed by atoms with Crippen LogP contribution in [-0.2, 0) is 0 Å². The zero-order valence-corrected chi connectivity index (χ0v) is 54.9. The number of amides is 8. The van der Waals surface area contributed by atoms with Crippen LogP contribution in [-0.4, -0.2) is 215 Å². The van der Waals surface area contributed by atoms with Crippen molar-refractivity contribution in [1.82, 2.24) is 39.2 Å². The number of imide groups is 4. The number of nitrogens with one attached hydrogen (secondary N) is 3. The summed E-state index contributed by atoms with van der Waals surface area (Å²) in [5.41, 5.74) is 14.1. The predicted octanol–water partition coefficient (Wildman–Crippen LogP) is 9.81. The third-order valence-electron chi connectivity index (χ3n) is 16.7. The van der Waals surface area contributed by atoms with E-state index in [-0.39, 0.29) is 47.3 Å². The molecule has 0 aromatic heterocycles. The van der Waals surface area contributed by atoms with Crippen LogP contribution in [0.3, 0.4) is 0 Å². The highest BCUT2D eigenvalue weighted by Crippen LogP contribution is 2.38. The molecule has 484 valence electrons. The van der Waals surface area contributed by atoms with Crippen LogP contribution in [0, 0.1) is 0 Å². The molecule has 0 fully saturated rings. The molecule has 4 aliphatic heterocycles. The summed E-state index contributed by atoms with van der Waals surface area (Å²) < 4.78 is 0. The lowest BCUT2D eigenvalue weighted by molar-refractivity contribution is 0.0585. The van der Waals surface area contributed by atoms with Gasteiger partial charge in [-0.1, -0.05) is 68.5 Å². The molecule has 0 unspecified atom stereocenters. The second-order valence-corrected chi connectivity index (χ2v) is 24.4. The van der Waals surface area contributed by atoms with E-state index in [9.17, 15) is 38.4 Å². The summed E-state index contributed by atoms with van der Waals surface area (Å²) in [6.45, 7) is 14.4. The van der Waals surface area contributed by atoms with E-state index in [0.717, 1.165) is 80.7 Å². The minimum Gasteiger partial charge on any atom is -0.398 e. The van der Waals surface area contributed by atoms with Crippen LogP contribution in [0.25, 0.3) is 43.1 Å². The molecule has 20 nitrogen and oxygen atoms in total. The maximum absolute atomic E-state index is 12.8. The molecule has 4 heterocycles. The van der Waals surface area contributed by atoms with Crippen molar-refractivity contribution >= 4 is 113 Å². The molecule has 12 rings (SSSR count). The fraction of sp³-hybridized carbons (Fsp3) is 0.315. The highest BCUT2D eigenvalue weighted by molar-refractivity contribution is 6.30. The highest BCUT2D eigenvalue weighted by Gasteiger charge is 2.37. The average Bonchev–Trinajstić information content (AvgIpc) is 0.774. The number of hydrogen-bond acceptors (Lipinski definition) is 16. The molecule has 8 aromatic carbocycles. The van der Waals surface area contributed by atoms with E-state index in [1.165, 1.54) is 19.6 Å². The van der Waals surface area contributed by atoms with Crippen LogP contribution >= 0.6 is 0 Å². The van der Waals surface area contributed by atoms with Gasteiger partial charge in [-0.25, -0.2) is 0 Å². The Morgan fingerprint density at radius 1 is 0.355 bits per heavy atom. The molecular formula is C73H84N12O8. The summed E-state index contributed by atoms with van der Waals surface area (Å²) >= 11 is 0. The molecule has 0 atom stereocenters. The van der Waals surface area contributed by atoms with Gasteiger partial charge in [-0.2, -0.15) is 0 Å². The van der Waals surface area contributed by atoms with Crippen molar-refractivity contribution in [3.05, 3.63) is 178 Å². The van der Waals surface area contributed by atoms with Gasteiger partial charge < -0.3 is 41.3 Å². The third-order valence-corrected chi connectivity index (χ3v) is 16.7. The Bertz CT molecular complexity index is 4030. The van der Waals surface area contributed by atoms with Crippen molar-refractivity contribution in [3.8, 4) is 0 Å². The van der Waals surface area contributed by atoms with Crippen LogP contribution in [0.4, 0.5) is 22.7 Å². The molecule has 20 heteroatoms. The maximum Gasteiger partial charge on any atom is 0.261 e. The second-order valence-electron chi connectivity index (χ2n) is 24.4. The van der Waals surface area contributed by atoms with Gasteiger partial charge in [0.05, 0.1) is 0 Å². The van der Waals surface area contributed by atoms with E-state index in [2.05, 4.69) is 36.4 Å². The van der Waals surface area contributed by atoms with Gasteiger partial charge in [0, 0.05) is 182 Å². The van der Waals surface area contributed by atoms with Gasteiger partial charge in [-0.15, -0.1) is 6.58 Å². The van der Waals surface area contributed by atoms with E-state index in [4.69, 9.17) is 5.73 Å². The van der Waals surface area contributed by atoms with Gasteiger partial charge >= 0.3 is 0 Å². The summed E-state index contributed by atoms with van der Waals surface area (Å²) in [7, 11) is 15.4. The Labute approximate surface area is 543 Å². The highest BCUT2D eigenvalue weighted by atomic mass is 16.2. The molecule has 0 radical (unpaired) electrons. The number of carbonyl (C=O) groups is 8. The first-order valence-electron chi connectivity index (χ1n) is 31.5. The van der Waals surface area contributed by atoms with E-state index < -0.39 is 0 Å².